The summed E-state index contributed by atoms with van der Waals surface area (Å²) >= 11 is 0. The highest BCUT2D eigenvalue weighted by atomic mass is 19.1. The average molecular weight is 321 g/mol. The molecular weight excluding hydrogens is 293 g/mol. The Bertz CT molecular complexity index is 515. The van der Waals surface area contributed by atoms with Crippen molar-refractivity contribution < 1.29 is 9.13 Å². The van der Waals surface area contributed by atoms with Gasteiger partial charge < -0.3 is 15.4 Å². The molecule has 1 saturated carbocycles. The Morgan fingerprint density at radius 3 is 2.65 bits per heavy atom. The molecule has 1 aliphatic carbocycles. The van der Waals surface area contributed by atoms with E-state index < -0.39 is 0 Å². The van der Waals surface area contributed by atoms with Crippen molar-refractivity contribution >= 4 is 5.96 Å². The number of nitrogens with zero attached hydrogens (tertiary/aromatic N) is 1. The predicted molar refractivity (Wildman–Crippen MR) is 92.4 cm³/mol. The van der Waals surface area contributed by atoms with Gasteiger partial charge >= 0.3 is 0 Å². The standard InChI is InChI=1S/C18H28FN3O/c1-20-17(21-12-6-3-7-13-23-2)22-14-18(10-11-18)15-8-4-5-9-16(15)19/h4-5,8-9H,3,6-7,10-14H2,1-2H3,(H2,20,21,22). The van der Waals surface area contributed by atoms with Gasteiger partial charge in [-0.25, -0.2) is 4.39 Å². The number of ether oxygens (including phenoxy) is 1. The van der Waals surface area contributed by atoms with Crippen LogP contribution in [0.3, 0.4) is 0 Å². The van der Waals surface area contributed by atoms with Gasteiger partial charge in [0.2, 0.25) is 0 Å². The van der Waals surface area contributed by atoms with Crippen molar-refractivity contribution in [2.24, 2.45) is 4.99 Å². The number of halogens is 1. The van der Waals surface area contributed by atoms with Crippen molar-refractivity contribution in [1.82, 2.24) is 10.6 Å². The molecule has 23 heavy (non-hydrogen) atoms. The Kier molecular flexibility index (Phi) is 6.84. The highest BCUT2D eigenvalue weighted by Gasteiger charge is 2.45. The Morgan fingerprint density at radius 2 is 2.00 bits per heavy atom. The van der Waals surface area contributed by atoms with E-state index in [4.69, 9.17) is 4.74 Å². The molecule has 1 aromatic rings. The van der Waals surface area contributed by atoms with Crippen LogP contribution in [0.25, 0.3) is 0 Å². The molecule has 0 atom stereocenters. The van der Waals surface area contributed by atoms with Gasteiger partial charge in [0.1, 0.15) is 5.82 Å². The summed E-state index contributed by atoms with van der Waals surface area (Å²) in [5.74, 6) is 0.687. The van der Waals surface area contributed by atoms with Gasteiger partial charge in [0, 0.05) is 39.3 Å². The minimum absolute atomic E-state index is 0.0680. The van der Waals surface area contributed by atoms with Crippen molar-refractivity contribution in [2.75, 3.05) is 33.9 Å². The topological polar surface area (TPSA) is 45.7 Å². The molecule has 0 unspecified atom stereocenters. The van der Waals surface area contributed by atoms with Crippen molar-refractivity contribution in [3.8, 4) is 0 Å². The lowest BCUT2D eigenvalue weighted by Crippen LogP contribution is -2.41. The van der Waals surface area contributed by atoms with Crippen LogP contribution in [0.5, 0.6) is 0 Å². The molecule has 0 saturated heterocycles. The Balaban J connectivity index is 1.74. The maximum atomic E-state index is 14.0. The second kappa shape index (κ2) is 8.87. The number of rotatable bonds is 9. The molecular formula is C18H28FN3O. The Hall–Kier alpha value is -1.62. The number of methoxy groups -OCH3 is 1. The smallest absolute Gasteiger partial charge is 0.191 e. The van der Waals surface area contributed by atoms with Gasteiger partial charge in [0.15, 0.2) is 5.96 Å². The first-order valence-electron chi connectivity index (χ1n) is 8.40. The van der Waals surface area contributed by atoms with E-state index in [0.717, 1.165) is 63.3 Å². The van der Waals surface area contributed by atoms with Crippen LogP contribution in [-0.4, -0.2) is 39.8 Å². The van der Waals surface area contributed by atoms with Gasteiger partial charge in [-0.3, -0.25) is 4.99 Å². The molecule has 1 aliphatic rings. The Morgan fingerprint density at radius 1 is 1.22 bits per heavy atom. The van der Waals surface area contributed by atoms with Crippen LogP contribution in [0.1, 0.15) is 37.7 Å². The number of hydrogen-bond acceptors (Lipinski definition) is 2. The van der Waals surface area contributed by atoms with E-state index in [1.54, 1.807) is 26.3 Å². The molecule has 0 bridgehead atoms. The van der Waals surface area contributed by atoms with Crippen LogP contribution in [0.2, 0.25) is 0 Å². The largest absolute Gasteiger partial charge is 0.385 e. The summed E-state index contributed by atoms with van der Waals surface area (Å²) in [6.07, 6.45) is 5.35. The average Bonchev–Trinajstić information content (AvgIpc) is 3.35. The third-order valence-electron chi connectivity index (χ3n) is 4.43. The van der Waals surface area contributed by atoms with Crippen molar-refractivity contribution in [1.29, 1.82) is 0 Å². The minimum Gasteiger partial charge on any atom is -0.385 e. The van der Waals surface area contributed by atoms with E-state index in [1.807, 2.05) is 12.1 Å². The van der Waals surface area contributed by atoms with E-state index in [0.29, 0.717) is 0 Å². The van der Waals surface area contributed by atoms with E-state index in [2.05, 4.69) is 15.6 Å². The zero-order chi connectivity index (χ0) is 16.5. The third-order valence-corrected chi connectivity index (χ3v) is 4.43. The maximum absolute atomic E-state index is 14.0. The van der Waals surface area contributed by atoms with Gasteiger partial charge in [0.05, 0.1) is 0 Å². The van der Waals surface area contributed by atoms with Gasteiger partial charge in [-0.2, -0.15) is 0 Å². The maximum Gasteiger partial charge on any atom is 0.191 e. The normalized spacial score (nSPS) is 16.2. The molecule has 0 aromatic heterocycles. The first-order chi connectivity index (χ1) is 11.2. The first-order valence-corrected chi connectivity index (χ1v) is 8.40. The highest BCUT2D eigenvalue weighted by Crippen LogP contribution is 2.48. The number of guanidine groups is 1. The highest BCUT2D eigenvalue weighted by molar-refractivity contribution is 5.79. The van der Waals surface area contributed by atoms with Gasteiger partial charge in [-0.15, -0.1) is 0 Å². The molecule has 0 spiro atoms. The molecule has 0 heterocycles. The lowest BCUT2D eigenvalue weighted by atomic mass is 9.95. The summed E-state index contributed by atoms with van der Waals surface area (Å²) in [5.41, 5.74) is 0.754. The molecule has 0 amide bonds. The number of hydrogen-bond donors (Lipinski definition) is 2. The van der Waals surface area contributed by atoms with E-state index >= 15 is 0 Å². The lowest BCUT2D eigenvalue weighted by molar-refractivity contribution is 0.192. The van der Waals surface area contributed by atoms with E-state index in [1.165, 1.54) is 0 Å². The molecule has 1 aromatic carbocycles. The molecule has 2 rings (SSSR count). The van der Waals surface area contributed by atoms with Crippen molar-refractivity contribution in [3.63, 3.8) is 0 Å². The number of nitrogens with one attached hydrogen (secondary N) is 2. The number of aliphatic imine (C=N–C) groups is 1. The fourth-order valence-electron chi connectivity index (χ4n) is 2.81. The summed E-state index contributed by atoms with van der Waals surface area (Å²) in [4.78, 5) is 4.24. The summed E-state index contributed by atoms with van der Waals surface area (Å²) in [6.45, 7) is 2.42. The molecule has 128 valence electrons. The van der Waals surface area contributed by atoms with E-state index in [9.17, 15) is 4.39 Å². The van der Waals surface area contributed by atoms with Crippen molar-refractivity contribution in [3.05, 3.63) is 35.6 Å². The SMILES string of the molecule is CN=C(NCCCCCOC)NCC1(c2ccccc2F)CC1. The third kappa shape index (κ3) is 5.20. The van der Waals surface area contributed by atoms with Crippen LogP contribution in [0.4, 0.5) is 4.39 Å². The van der Waals surface area contributed by atoms with Gasteiger partial charge in [0.25, 0.3) is 0 Å². The lowest BCUT2D eigenvalue weighted by Gasteiger charge is -2.19. The van der Waals surface area contributed by atoms with Crippen molar-refractivity contribution in [2.45, 2.75) is 37.5 Å². The fourth-order valence-corrected chi connectivity index (χ4v) is 2.81. The van der Waals surface area contributed by atoms with Crippen LogP contribution in [-0.2, 0) is 10.2 Å². The molecule has 1 fully saturated rings. The first kappa shape index (κ1) is 17.7. The zero-order valence-electron chi connectivity index (χ0n) is 14.2. The fraction of sp³-hybridized carbons (Fsp3) is 0.611. The van der Waals surface area contributed by atoms with Crippen LogP contribution in [0, 0.1) is 5.82 Å². The zero-order valence-corrected chi connectivity index (χ0v) is 14.2. The molecule has 0 radical (unpaired) electrons. The van der Waals surface area contributed by atoms with E-state index in [-0.39, 0.29) is 11.2 Å². The molecule has 4 nitrogen and oxygen atoms in total. The second-order valence-corrected chi connectivity index (χ2v) is 6.17. The summed E-state index contributed by atoms with van der Waals surface area (Å²) in [6, 6.07) is 7.09. The second-order valence-electron chi connectivity index (χ2n) is 6.17. The van der Waals surface area contributed by atoms with Crippen LogP contribution >= 0.6 is 0 Å². The van der Waals surface area contributed by atoms with Crippen LogP contribution in [0.15, 0.2) is 29.3 Å². The quantitative estimate of drug-likeness (QED) is 0.418. The molecule has 0 aliphatic heterocycles. The Labute approximate surface area is 138 Å². The summed E-state index contributed by atoms with van der Waals surface area (Å²) in [7, 11) is 3.50. The van der Waals surface area contributed by atoms with Crippen LogP contribution < -0.4 is 10.6 Å². The van der Waals surface area contributed by atoms with Gasteiger partial charge in [-0.1, -0.05) is 18.2 Å². The molecule has 2 N–H and O–H groups in total. The molecule has 5 heteroatoms. The summed E-state index contributed by atoms with van der Waals surface area (Å²) in [5, 5.41) is 6.66. The predicted octanol–water partition coefficient (Wildman–Crippen LogP) is 2.84. The number of benzene rings is 1. The van der Waals surface area contributed by atoms with Gasteiger partial charge in [-0.05, 0) is 43.7 Å². The minimum atomic E-state index is -0.104. The summed E-state index contributed by atoms with van der Waals surface area (Å²) < 4.78 is 19.0. The monoisotopic (exact) mass is 321 g/mol. The number of unbranched alkanes of at least 4 members (excludes halogenated alkanes) is 2.